The van der Waals surface area contributed by atoms with Crippen LogP contribution >= 0.6 is 15.9 Å². The molecule has 2 N–H and O–H groups in total. The molecule has 1 saturated carbocycles. The van der Waals surface area contributed by atoms with E-state index in [0.717, 1.165) is 6.42 Å². The average Bonchev–Trinajstić information content (AvgIpc) is 2.87. The highest BCUT2D eigenvalue weighted by molar-refractivity contribution is 9.10. The molecule has 5 heteroatoms. The van der Waals surface area contributed by atoms with Crippen molar-refractivity contribution in [2.45, 2.75) is 20.3 Å². The van der Waals surface area contributed by atoms with Crippen LogP contribution in [0.3, 0.4) is 0 Å². The summed E-state index contributed by atoms with van der Waals surface area (Å²) in [5, 5.41) is 11.7. The summed E-state index contributed by atoms with van der Waals surface area (Å²) in [6.07, 6.45) is 0.874. The SMILES string of the molecule is CC1(C)CC1C(=O)Nc1cc(Br)cc(C(=O)O)c1. The summed E-state index contributed by atoms with van der Waals surface area (Å²) >= 11 is 3.23. The van der Waals surface area contributed by atoms with Gasteiger partial charge in [-0.25, -0.2) is 4.79 Å². The van der Waals surface area contributed by atoms with Crippen LogP contribution in [0.1, 0.15) is 30.6 Å². The summed E-state index contributed by atoms with van der Waals surface area (Å²) in [5.41, 5.74) is 0.718. The van der Waals surface area contributed by atoms with Gasteiger partial charge >= 0.3 is 5.97 Å². The van der Waals surface area contributed by atoms with Gasteiger partial charge in [0.1, 0.15) is 0 Å². The predicted octanol–water partition coefficient (Wildman–Crippen LogP) is 3.13. The minimum Gasteiger partial charge on any atom is -0.478 e. The van der Waals surface area contributed by atoms with E-state index in [9.17, 15) is 9.59 Å². The number of carbonyl (C=O) groups excluding carboxylic acids is 1. The molecule has 4 nitrogen and oxygen atoms in total. The molecule has 1 fully saturated rings. The Labute approximate surface area is 114 Å². The van der Waals surface area contributed by atoms with Crippen molar-refractivity contribution in [3.05, 3.63) is 28.2 Å². The Balaban J connectivity index is 2.14. The largest absolute Gasteiger partial charge is 0.478 e. The van der Waals surface area contributed by atoms with E-state index in [1.54, 1.807) is 6.07 Å². The normalized spacial score (nSPS) is 20.3. The van der Waals surface area contributed by atoms with Crippen molar-refractivity contribution >= 4 is 33.5 Å². The number of rotatable bonds is 3. The van der Waals surface area contributed by atoms with Gasteiger partial charge in [-0.1, -0.05) is 29.8 Å². The van der Waals surface area contributed by atoms with Gasteiger partial charge in [-0.3, -0.25) is 4.79 Å². The first-order valence-electron chi connectivity index (χ1n) is 5.64. The van der Waals surface area contributed by atoms with Gasteiger partial charge in [0.2, 0.25) is 5.91 Å². The molecule has 1 aliphatic rings. The van der Waals surface area contributed by atoms with Gasteiger partial charge in [0.15, 0.2) is 0 Å². The third-order valence-corrected chi connectivity index (χ3v) is 3.70. The fraction of sp³-hybridized carbons (Fsp3) is 0.385. The van der Waals surface area contributed by atoms with Crippen molar-refractivity contribution in [2.75, 3.05) is 5.32 Å². The number of anilines is 1. The molecular weight excluding hydrogens is 298 g/mol. The molecule has 1 amide bonds. The minimum atomic E-state index is -1.02. The van der Waals surface area contributed by atoms with Crippen LogP contribution in [0.15, 0.2) is 22.7 Å². The molecule has 1 aromatic rings. The van der Waals surface area contributed by atoms with Gasteiger partial charge in [-0.05, 0) is 30.0 Å². The fourth-order valence-corrected chi connectivity index (χ4v) is 2.42. The number of halogens is 1. The lowest BCUT2D eigenvalue weighted by molar-refractivity contribution is -0.118. The van der Waals surface area contributed by atoms with Gasteiger partial charge in [-0.15, -0.1) is 0 Å². The lowest BCUT2D eigenvalue weighted by Crippen LogP contribution is -2.16. The summed E-state index contributed by atoms with van der Waals surface area (Å²) < 4.78 is 0.632. The Morgan fingerprint density at radius 3 is 2.50 bits per heavy atom. The molecule has 0 radical (unpaired) electrons. The van der Waals surface area contributed by atoms with Crippen LogP contribution in [0.25, 0.3) is 0 Å². The van der Waals surface area contributed by atoms with Crippen molar-refractivity contribution in [3.63, 3.8) is 0 Å². The number of hydrogen-bond donors (Lipinski definition) is 2. The second-order valence-corrected chi connectivity index (χ2v) is 6.18. The highest BCUT2D eigenvalue weighted by Gasteiger charge is 2.50. The fourth-order valence-electron chi connectivity index (χ4n) is 1.93. The van der Waals surface area contributed by atoms with Crippen LogP contribution in [-0.4, -0.2) is 17.0 Å². The van der Waals surface area contributed by atoms with E-state index >= 15 is 0 Å². The molecule has 1 atom stereocenters. The van der Waals surface area contributed by atoms with Gasteiger partial charge in [-0.2, -0.15) is 0 Å². The van der Waals surface area contributed by atoms with Crippen LogP contribution in [0.5, 0.6) is 0 Å². The number of aromatic carboxylic acids is 1. The number of amides is 1. The topological polar surface area (TPSA) is 66.4 Å². The highest BCUT2D eigenvalue weighted by Crippen LogP contribution is 2.52. The Hall–Kier alpha value is -1.36. The molecule has 1 unspecified atom stereocenters. The number of hydrogen-bond acceptors (Lipinski definition) is 2. The van der Waals surface area contributed by atoms with Crippen molar-refractivity contribution in [2.24, 2.45) is 11.3 Å². The van der Waals surface area contributed by atoms with Gasteiger partial charge in [0, 0.05) is 16.1 Å². The second kappa shape index (κ2) is 4.39. The number of benzene rings is 1. The summed E-state index contributed by atoms with van der Waals surface area (Å²) in [6.45, 7) is 4.08. The summed E-state index contributed by atoms with van der Waals surface area (Å²) in [5.74, 6) is -1.04. The molecule has 0 spiro atoms. The molecule has 0 heterocycles. The maximum Gasteiger partial charge on any atom is 0.335 e. The van der Waals surface area contributed by atoms with E-state index in [1.165, 1.54) is 12.1 Å². The molecule has 1 aliphatic carbocycles. The van der Waals surface area contributed by atoms with Crippen molar-refractivity contribution in [1.82, 2.24) is 0 Å². The summed E-state index contributed by atoms with van der Waals surface area (Å²) in [7, 11) is 0. The van der Waals surface area contributed by atoms with Crippen molar-refractivity contribution in [3.8, 4) is 0 Å². The molecule has 0 saturated heterocycles. The number of nitrogens with one attached hydrogen (secondary N) is 1. The molecule has 96 valence electrons. The van der Waals surface area contributed by atoms with E-state index in [1.807, 2.05) is 13.8 Å². The third kappa shape index (κ3) is 2.72. The Morgan fingerprint density at radius 2 is 2.00 bits per heavy atom. The number of carboxylic acids is 1. The van der Waals surface area contributed by atoms with E-state index < -0.39 is 5.97 Å². The van der Waals surface area contributed by atoms with Gasteiger partial charge in [0.25, 0.3) is 0 Å². The lowest BCUT2D eigenvalue weighted by atomic mass is 10.1. The monoisotopic (exact) mass is 311 g/mol. The molecule has 0 aliphatic heterocycles. The zero-order valence-electron chi connectivity index (χ0n) is 10.2. The van der Waals surface area contributed by atoms with Gasteiger partial charge in [0.05, 0.1) is 5.56 Å². The Kier molecular flexibility index (Phi) is 3.19. The van der Waals surface area contributed by atoms with Gasteiger partial charge < -0.3 is 10.4 Å². The Morgan fingerprint density at radius 1 is 1.39 bits per heavy atom. The first kappa shape index (κ1) is 13.1. The quantitative estimate of drug-likeness (QED) is 0.901. The molecular formula is C13H14BrNO3. The maximum absolute atomic E-state index is 11.9. The van der Waals surface area contributed by atoms with Crippen molar-refractivity contribution in [1.29, 1.82) is 0 Å². The number of carboxylic acid groups (broad SMARTS) is 1. The highest BCUT2D eigenvalue weighted by atomic mass is 79.9. The van der Waals surface area contributed by atoms with Crippen LogP contribution in [0.2, 0.25) is 0 Å². The Bertz CT molecular complexity index is 525. The summed E-state index contributed by atoms with van der Waals surface area (Å²) in [4.78, 5) is 22.8. The molecule has 0 bridgehead atoms. The lowest BCUT2D eigenvalue weighted by Gasteiger charge is -2.08. The molecule has 1 aromatic carbocycles. The third-order valence-electron chi connectivity index (χ3n) is 3.24. The van der Waals surface area contributed by atoms with Crippen LogP contribution in [0.4, 0.5) is 5.69 Å². The average molecular weight is 312 g/mol. The maximum atomic E-state index is 11.9. The summed E-state index contributed by atoms with van der Waals surface area (Å²) in [6, 6.07) is 4.65. The second-order valence-electron chi connectivity index (χ2n) is 5.27. The van der Waals surface area contributed by atoms with Crippen LogP contribution < -0.4 is 5.32 Å². The smallest absolute Gasteiger partial charge is 0.335 e. The van der Waals surface area contributed by atoms with E-state index in [4.69, 9.17) is 5.11 Å². The zero-order valence-corrected chi connectivity index (χ0v) is 11.7. The first-order valence-corrected chi connectivity index (χ1v) is 6.44. The van der Waals surface area contributed by atoms with Crippen molar-refractivity contribution < 1.29 is 14.7 Å². The standard InChI is InChI=1S/C13H14BrNO3/c1-13(2)6-10(13)11(16)15-9-4-7(12(17)18)3-8(14)5-9/h3-5,10H,6H2,1-2H3,(H,15,16)(H,17,18). The first-order chi connectivity index (χ1) is 8.29. The predicted molar refractivity (Wildman–Crippen MR) is 71.6 cm³/mol. The molecule has 2 rings (SSSR count). The van der Waals surface area contributed by atoms with Crippen LogP contribution in [-0.2, 0) is 4.79 Å². The van der Waals surface area contributed by atoms with E-state index in [-0.39, 0.29) is 22.8 Å². The molecule has 18 heavy (non-hydrogen) atoms. The van der Waals surface area contributed by atoms with E-state index in [2.05, 4.69) is 21.2 Å². The van der Waals surface area contributed by atoms with E-state index in [0.29, 0.717) is 10.2 Å². The zero-order chi connectivity index (χ0) is 13.5. The van der Waals surface area contributed by atoms with Crippen LogP contribution in [0, 0.1) is 11.3 Å². The minimum absolute atomic E-state index is 0.0183. The number of carbonyl (C=O) groups is 2. The molecule has 0 aromatic heterocycles.